The molecule has 0 bridgehead atoms. The first kappa shape index (κ1) is 10.3. The third-order valence-corrected chi connectivity index (χ3v) is 4.20. The van der Waals surface area contributed by atoms with E-state index in [-0.39, 0.29) is 0 Å². The highest BCUT2D eigenvalue weighted by molar-refractivity contribution is 7.17. The van der Waals surface area contributed by atoms with E-state index in [0.29, 0.717) is 6.04 Å². The lowest BCUT2D eigenvalue weighted by Gasteiger charge is -2.12. The van der Waals surface area contributed by atoms with Crippen molar-refractivity contribution in [2.75, 3.05) is 0 Å². The van der Waals surface area contributed by atoms with Crippen LogP contribution in [0, 0.1) is 0 Å². The van der Waals surface area contributed by atoms with Gasteiger partial charge in [-0.25, -0.2) is 0 Å². The maximum atomic E-state index is 3.66. The maximum absolute atomic E-state index is 3.66. The fourth-order valence-electron chi connectivity index (χ4n) is 2.23. The van der Waals surface area contributed by atoms with Crippen molar-refractivity contribution in [3.05, 3.63) is 35.2 Å². The van der Waals surface area contributed by atoms with E-state index in [2.05, 4.69) is 41.9 Å². The van der Waals surface area contributed by atoms with Crippen LogP contribution < -0.4 is 5.32 Å². The third-order valence-electron chi connectivity index (χ3n) is 3.18. The molecule has 0 spiro atoms. The Labute approximate surface area is 100 Å². The van der Waals surface area contributed by atoms with Gasteiger partial charge < -0.3 is 5.32 Å². The SMILES string of the molecule is C[C@@H](Cc1csc2ccccc12)NC1CC1. The lowest BCUT2D eigenvalue weighted by molar-refractivity contribution is 0.544. The predicted molar refractivity (Wildman–Crippen MR) is 71.1 cm³/mol. The van der Waals surface area contributed by atoms with Crippen molar-refractivity contribution in [2.24, 2.45) is 0 Å². The number of nitrogens with one attached hydrogen (secondary N) is 1. The molecule has 1 atom stereocenters. The second-order valence-corrected chi connectivity index (χ2v) is 5.71. The number of hydrogen-bond acceptors (Lipinski definition) is 2. The van der Waals surface area contributed by atoms with E-state index in [0.717, 1.165) is 12.5 Å². The molecule has 2 heteroatoms. The predicted octanol–water partition coefficient (Wildman–Crippen LogP) is 3.58. The van der Waals surface area contributed by atoms with Crippen molar-refractivity contribution >= 4 is 21.4 Å². The standard InChI is InChI=1S/C14H17NS/c1-10(15-12-6-7-12)8-11-9-16-14-5-3-2-4-13(11)14/h2-5,9-10,12,15H,6-8H2,1H3/t10-/m0/s1. The molecule has 1 aliphatic rings. The molecule has 1 N–H and O–H groups in total. The van der Waals surface area contributed by atoms with Crippen LogP contribution in [0.2, 0.25) is 0 Å². The molecule has 1 aliphatic carbocycles. The molecule has 0 aliphatic heterocycles. The van der Waals surface area contributed by atoms with Gasteiger partial charge in [-0.05, 0) is 48.6 Å². The molecule has 0 saturated heterocycles. The van der Waals surface area contributed by atoms with Crippen molar-refractivity contribution in [2.45, 2.75) is 38.3 Å². The Morgan fingerprint density at radius 2 is 2.19 bits per heavy atom. The highest BCUT2D eigenvalue weighted by Crippen LogP contribution is 2.27. The van der Waals surface area contributed by atoms with Crippen LogP contribution in [-0.2, 0) is 6.42 Å². The summed E-state index contributed by atoms with van der Waals surface area (Å²) in [5.74, 6) is 0. The fraction of sp³-hybridized carbons (Fsp3) is 0.429. The van der Waals surface area contributed by atoms with Crippen molar-refractivity contribution in [1.82, 2.24) is 5.32 Å². The Balaban J connectivity index is 1.77. The van der Waals surface area contributed by atoms with Crippen LogP contribution >= 0.6 is 11.3 Å². The molecule has 84 valence electrons. The van der Waals surface area contributed by atoms with E-state index in [1.807, 2.05) is 11.3 Å². The summed E-state index contributed by atoms with van der Waals surface area (Å²) >= 11 is 1.86. The molecule has 1 fully saturated rings. The van der Waals surface area contributed by atoms with Gasteiger partial charge in [0, 0.05) is 16.8 Å². The summed E-state index contributed by atoms with van der Waals surface area (Å²) in [7, 11) is 0. The summed E-state index contributed by atoms with van der Waals surface area (Å²) < 4.78 is 1.41. The maximum Gasteiger partial charge on any atom is 0.0345 e. The molecule has 0 radical (unpaired) electrons. The Hall–Kier alpha value is -0.860. The number of rotatable bonds is 4. The molecular formula is C14H17NS. The lowest BCUT2D eigenvalue weighted by Crippen LogP contribution is -2.29. The Bertz CT molecular complexity index is 484. The molecule has 1 aromatic carbocycles. The Morgan fingerprint density at radius 3 is 3.00 bits per heavy atom. The molecule has 0 amide bonds. The number of benzene rings is 1. The quantitative estimate of drug-likeness (QED) is 0.848. The highest BCUT2D eigenvalue weighted by atomic mass is 32.1. The van der Waals surface area contributed by atoms with Crippen molar-refractivity contribution in [3.8, 4) is 0 Å². The molecule has 2 aromatic rings. The van der Waals surface area contributed by atoms with Crippen LogP contribution in [0.5, 0.6) is 0 Å². The van der Waals surface area contributed by atoms with Gasteiger partial charge in [0.25, 0.3) is 0 Å². The van der Waals surface area contributed by atoms with Gasteiger partial charge in [0.1, 0.15) is 0 Å². The van der Waals surface area contributed by atoms with Gasteiger partial charge in [0.05, 0.1) is 0 Å². The number of fused-ring (bicyclic) bond motifs is 1. The largest absolute Gasteiger partial charge is 0.311 e. The van der Waals surface area contributed by atoms with Crippen LogP contribution in [0.4, 0.5) is 0 Å². The smallest absolute Gasteiger partial charge is 0.0345 e. The van der Waals surface area contributed by atoms with E-state index in [1.54, 1.807) is 0 Å². The zero-order valence-electron chi connectivity index (χ0n) is 9.57. The van der Waals surface area contributed by atoms with E-state index in [1.165, 1.54) is 28.5 Å². The van der Waals surface area contributed by atoms with E-state index in [4.69, 9.17) is 0 Å². The van der Waals surface area contributed by atoms with Gasteiger partial charge in [-0.2, -0.15) is 0 Å². The van der Waals surface area contributed by atoms with Gasteiger partial charge >= 0.3 is 0 Å². The summed E-state index contributed by atoms with van der Waals surface area (Å²) in [5, 5.41) is 7.42. The Morgan fingerprint density at radius 1 is 1.38 bits per heavy atom. The average molecular weight is 231 g/mol. The first-order valence-electron chi connectivity index (χ1n) is 6.04. The minimum Gasteiger partial charge on any atom is -0.311 e. The topological polar surface area (TPSA) is 12.0 Å². The van der Waals surface area contributed by atoms with E-state index in [9.17, 15) is 0 Å². The minimum atomic E-state index is 0.602. The zero-order valence-corrected chi connectivity index (χ0v) is 10.4. The normalized spacial score (nSPS) is 17.8. The minimum absolute atomic E-state index is 0.602. The van der Waals surface area contributed by atoms with Gasteiger partial charge in [-0.1, -0.05) is 18.2 Å². The Kier molecular flexibility index (Phi) is 2.70. The van der Waals surface area contributed by atoms with Gasteiger partial charge in [0.15, 0.2) is 0 Å². The average Bonchev–Trinajstić information content (AvgIpc) is 3.00. The van der Waals surface area contributed by atoms with E-state index >= 15 is 0 Å². The molecule has 1 nitrogen and oxygen atoms in total. The highest BCUT2D eigenvalue weighted by Gasteiger charge is 2.22. The molecule has 3 rings (SSSR count). The molecule has 0 unspecified atom stereocenters. The summed E-state index contributed by atoms with van der Waals surface area (Å²) in [4.78, 5) is 0. The zero-order chi connectivity index (χ0) is 11.0. The monoisotopic (exact) mass is 231 g/mol. The van der Waals surface area contributed by atoms with Crippen molar-refractivity contribution in [3.63, 3.8) is 0 Å². The fourth-order valence-corrected chi connectivity index (χ4v) is 3.21. The van der Waals surface area contributed by atoms with Crippen LogP contribution in [0.15, 0.2) is 29.6 Å². The van der Waals surface area contributed by atoms with Crippen LogP contribution in [-0.4, -0.2) is 12.1 Å². The third kappa shape index (κ3) is 2.13. The van der Waals surface area contributed by atoms with Crippen LogP contribution in [0.25, 0.3) is 10.1 Å². The van der Waals surface area contributed by atoms with Gasteiger partial charge in [-0.3, -0.25) is 0 Å². The summed E-state index contributed by atoms with van der Waals surface area (Å²) in [6.07, 6.45) is 3.89. The molecule has 1 heterocycles. The van der Waals surface area contributed by atoms with E-state index < -0.39 is 0 Å². The summed E-state index contributed by atoms with van der Waals surface area (Å²) in [6, 6.07) is 10.1. The van der Waals surface area contributed by atoms with Crippen molar-refractivity contribution in [1.29, 1.82) is 0 Å². The van der Waals surface area contributed by atoms with Crippen molar-refractivity contribution < 1.29 is 0 Å². The van der Waals surface area contributed by atoms with Gasteiger partial charge in [-0.15, -0.1) is 11.3 Å². The number of hydrogen-bond donors (Lipinski definition) is 1. The number of thiophene rings is 1. The molecule has 1 aromatic heterocycles. The lowest BCUT2D eigenvalue weighted by atomic mass is 10.1. The van der Waals surface area contributed by atoms with Gasteiger partial charge in [0.2, 0.25) is 0 Å². The molecule has 16 heavy (non-hydrogen) atoms. The summed E-state index contributed by atoms with van der Waals surface area (Å²) in [6.45, 7) is 2.30. The van der Waals surface area contributed by atoms with Crippen LogP contribution in [0.3, 0.4) is 0 Å². The van der Waals surface area contributed by atoms with Crippen LogP contribution in [0.1, 0.15) is 25.3 Å². The first-order valence-corrected chi connectivity index (χ1v) is 6.92. The molecular weight excluding hydrogens is 214 g/mol. The molecule has 1 saturated carbocycles. The summed E-state index contributed by atoms with van der Waals surface area (Å²) in [5.41, 5.74) is 1.50. The first-order chi connectivity index (χ1) is 7.83. The second-order valence-electron chi connectivity index (χ2n) is 4.80. The second kappa shape index (κ2) is 4.19.